The van der Waals surface area contributed by atoms with Crippen LogP contribution in [0.15, 0.2) is 48.8 Å². The van der Waals surface area contributed by atoms with Crippen molar-refractivity contribution in [1.82, 2.24) is 14.6 Å². The summed E-state index contributed by atoms with van der Waals surface area (Å²) in [6.45, 7) is 3.62. The number of para-hydroxylation sites is 1. The van der Waals surface area contributed by atoms with E-state index in [1.807, 2.05) is 24.4 Å². The number of aromatic nitrogens is 3. The van der Waals surface area contributed by atoms with Gasteiger partial charge in [0.25, 0.3) is 0 Å². The van der Waals surface area contributed by atoms with Crippen LogP contribution in [0, 0.1) is 6.92 Å². The number of benzene rings is 1. The topological polar surface area (TPSA) is 59.5 Å². The average Bonchev–Trinajstić information content (AvgIpc) is 2.97. The monoisotopic (exact) mass is 281 g/mol. The van der Waals surface area contributed by atoms with Crippen molar-refractivity contribution in [1.29, 1.82) is 0 Å². The number of aryl methyl sites for hydroxylation is 1. The van der Waals surface area contributed by atoms with Gasteiger partial charge in [-0.05, 0) is 37.6 Å². The minimum Gasteiger partial charge on any atom is -0.330 e. The summed E-state index contributed by atoms with van der Waals surface area (Å²) in [7, 11) is 0. The highest BCUT2D eigenvalue weighted by Gasteiger charge is 2.13. The van der Waals surface area contributed by atoms with Gasteiger partial charge in [-0.2, -0.15) is 5.10 Å². The Hall–Kier alpha value is -2.40. The maximum Gasteiger partial charge on any atom is 0.157 e. The minimum atomic E-state index is 0.664. The molecule has 0 unspecified atom stereocenters. The smallest absolute Gasteiger partial charge is 0.157 e. The van der Waals surface area contributed by atoms with Crippen LogP contribution < -0.4 is 10.6 Å². The number of hydrogen-bond donors (Lipinski definition) is 1. The molecule has 1 aromatic carbocycles. The van der Waals surface area contributed by atoms with Crippen LogP contribution in [0.5, 0.6) is 0 Å². The molecule has 0 aliphatic heterocycles. The molecule has 2 aromatic heterocycles. The highest BCUT2D eigenvalue weighted by molar-refractivity contribution is 5.64. The molecule has 2 heterocycles. The van der Waals surface area contributed by atoms with E-state index >= 15 is 0 Å². The zero-order valence-electron chi connectivity index (χ0n) is 12.1. The number of fused-ring (bicyclic) bond motifs is 1. The number of nitrogens with zero attached hydrogens (tertiary/aromatic N) is 4. The lowest BCUT2D eigenvalue weighted by atomic mass is 10.1. The number of anilines is 2. The number of rotatable bonds is 5. The van der Waals surface area contributed by atoms with Gasteiger partial charge in [-0.15, -0.1) is 0 Å². The summed E-state index contributed by atoms with van der Waals surface area (Å²) < 4.78 is 1.77. The zero-order valence-corrected chi connectivity index (χ0v) is 12.1. The molecule has 2 N–H and O–H groups in total. The summed E-state index contributed by atoms with van der Waals surface area (Å²) in [5, 5.41) is 4.19. The van der Waals surface area contributed by atoms with E-state index in [4.69, 9.17) is 10.7 Å². The molecule has 0 saturated heterocycles. The molecule has 5 heteroatoms. The quantitative estimate of drug-likeness (QED) is 0.780. The fraction of sp³-hybridized carbons (Fsp3) is 0.250. The molecule has 0 atom stereocenters. The molecule has 0 saturated carbocycles. The average molecular weight is 281 g/mol. The Morgan fingerprint density at radius 3 is 2.86 bits per heavy atom. The van der Waals surface area contributed by atoms with Gasteiger partial charge in [0, 0.05) is 24.5 Å². The largest absolute Gasteiger partial charge is 0.330 e. The van der Waals surface area contributed by atoms with Gasteiger partial charge >= 0.3 is 0 Å². The summed E-state index contributed by atoms with van der Waals surface area (Å²) >= 11 is 0. The molecule has 0 amide bonds. The van der Waals surface area contributed by atoms with Crippen LogP contribution in [-0.4, -0.2) is 27.7 Å². The molecule has 5 nitrogen and oxygen atoms in total. The highest BCUT2D eigenvalue weighted by Crippen LogP contribution is 2.27. The fourth-order valence-corrected chi connectivity index (χ4v) is 2.43. The summed E-state index contributed by atoms with van der Waals surface area (Å²) in [5.74, 6) is 0.922. The van der Waals surface area contributed by atoms with Gasteiger partial charge in [-0.3, -0.25) is 0 Å². The fourth-order valence-electron chi connectivity index (χ4n) is 2.43. The summed E-state index contributed by atoms with van der Waals surface area (Å²) in [6, 6.07) is 12.2. The summed E-state index contributed by atoms with van der Waals surface area (Å²) in [4.78, 5) is 6.91. The van der Waals surface area contributed by atoms with Crippen LogP contribution in [0.1, 0.15) is 12.0 Å². The third-order valence-electron chi connectivity index (χ3n) is 3.51. The Balaban J connectivity index is 2.03. The first-order valence-corrected chi connectivity index (χ1v) is 7.13. The molecule has 108 valence electrons. The first-order chi connectivity index (χ1) is 10.3. The molecule has 0 aliphatic carbocycles. The molecule has 0 aliphatic rings. The van der Waals surface area contributed by atoms with E-state index < -0.39 is 0 Å². The van der Waals surface area contributed by atoms with Crippen molar-refractivity contribution < 1.29 is 0 Å². The van der Waals surface area contributed by atoms with Gasteiger partial charge in [0.2, 0.25) is 0 Å². The van der Waals surface area contributed by atoms with Crippen molar-refractivity contribution in [2.24, 2.45) is 5.73 Å². The van der Waals surface area contributed by atoms with Crippen LogP contribution in [0.3, 0.4) is 0 Å². The maximum atomic E-state index is 5.68. The van der Waals surface area contributed by atoms with Crippen molar-refractivity contribution >= 4 is 17.2 Å². The van der Waals surface area contributed by atoms with E-state index in [0.29, 0.717) is 6.54 Å². The lowest BCUT2D eigenvalue weighted by Gasteiger charge is -2.25. The van der Waals surface area contributed by atoms with E-state index in [0.717, 1.165) is 24.4 Å². The van der Waals surface area contributed by atoms with Crippen molar-refractivity contribution in [3.05, 3.63) is 54.4 Å². The van der Waals surface area contributed by atoms with Crippen LogP contribution in [0.4, 0.5) is 11.5 Å². The molecule has 21 heavy (non-hydrogen) atoms. The second-order valence-corrected chi connectivity index (χ2v) is 5.00. The third-order valence-corrected chi connectivity index (χ3v) is 3.51. The van der Waals surface area contributed by atoms with Gasteiger partial charge in [0.1, 0.15) is 5.82 Å². The molecule has 3 aromatic rings. The van der Waals surface area contributed by atoms with E-state index in [2.05, 4.69) is 35.1 Å². The molecule has 0 fully saturated rings. The van der Waals surface area contributed by atoms with Gasteiger partial charge in [-0.25, -0.2) is 9.50 Å². The summed E-state index contributed by atoms with van der Waals surface area (Å²) in [6.07, 6.45) is 4.61. The van der Waals surface area contributed by atoms with Crippen LogP contribution in [-0.2, 0) is 0 Å². The van der Waals surface area contributed by atoms with Crippen molar-refractivity contribution in [2.45, 2.75) is 13.3 Å². The maximum absolute atomic E-state index is 5.68. The van der Waals surface area contributed by atoms with Crippen molar-refractivity contribution in [3.63, 3.8) is 0 Å². The van der Waals surface area contributed by atoms with Gasteiger partial charge in [0.15, 0.2) is 5.65 Å². The van der Waals surface area contributed by atoms with Crippen molar-refractivity contribution in [2.75, 3.05) is 18.0 Å². The van der Waals surface area contributed by atoms with Gasteiger partial charge in [-0.1, -0.05) is 18.2 Å². The SMILES string of the molecule is Cc1ccccc1N(CCCN)c1ccn2nccc2n1. The first kappa shape index (κ1) is 13.6. The van der Waals surface area contributed by atoms with Crippen LogP contribution in [0.2, 0.25) is 0 Å². The second-order valence-electron chi connectivity index (χ2n) is 5.00. The summed E-state index contributed by atoms with van der Waals surface area (Å²) in [5.41, 5.74) is 8.93. The normalized spacial score (nSPS) is 11.0. The van der Waals surface area contributed by atoms with Gasteiger partial charge < -0.3 is 10.6 Å². The van der Waals surface area contributed by atoms with E-state index in [9.17, 15) is 0 Å². The zero-order chi connectivity index (χ0) is 14.7. The second kappa shape index (κ2) is 5.93. The number of hydrogen-bond acceptors (Lipinski definition) is 4. The number of nitrogens with two attached hydrogens (primary N) is 1. The molecular weight excluding hydrogens is 262 g/mol. The molecule has 0 spiro atoms. The predicted octanol–water partition coefficient (Wildman–Crippen LogP) is 2.52. The molecular formula is C16H19N5. The first-order valence-electron chi connectivity index (χ1n) is 7.13. The lowest BCUT2D eigenvalue weighted by Crippen LogP contribution is -2.22. The Bertz CT molecular complexity index is 734. The van der Waals surface area contributed by atoms with Crippen molar-refractivity contribution in [3.8, 4) is 0 Å². The van der Waals surface area contributed by atoms with E-state index in [1.165, 1.54) is 11.3 Å². The van der Waals surface area contributed by atoms with E-state index in [-0.39, 0.29) is 0 Å². The van der Waals surface area contributed by atoms with Gasteiger partial charge in [0.05, 0.1) is 6.20 Å². The standard InChI is InChI=1S/C16H19N5/c1-13-5-2-3-6-14(13)20(11-4-9-17)15-8-12-21-16(19-15)7-10-18-21/h2-3,5-8,10,12H,4,9,11,17H2,1H3. The Labute approximate surface area is 124 Å². The predicted molar refractivity (Wildman–Crippen MR) is 84.8 cm³/mol. The minimum absolute atomic E-state index is 0.664. The van der Waals surface area contributed by atoms with Crippen LogP contribution >= 0.6 is 0 Å². The highest BCUT2D eigenvalue weighted by atomic mass is 15.3. The molecule has 0 bridgehead atoms. The molecule has 0 radical (unpaired) electrons. The molecule has 3 rings (SSSR count). The Morgan fingerprint density at radius 2 is 2.05 bits per heavy atom. The van der Waals surface area contributed by atoms with Crippen LogP contribution in [0.25, 0.3) is 5.65 Å². The Morgan fingerprint density at radius 1 is 1.19 bits per heavy atom. The van der Waals surface area contributed by atoms with E-state index in [1.54, 1.807) is 10.7 Å². The Kier molecular flexibility index (Phi) is 3.83. The third kappa shape index (κ3) is 2.73. The lowest BCUT2D eigenvalue weighted by molar-refractivity contribution is 0.805.